The van der Waals surface area contributed by atoms with Crippen molar-refractivity contribution in [2.45, 2.75) is 25.4 Å². The molecule has 1 aromatic heterocycles. The van der Waals surface area contributed by atoms with E-state index in [1.165, 1.54) is 0 Å². The average Bonchev–Trinajstić information content (AvgIpc) is 2.28. The van der Waals surface area contributed by atoms with Crippen molar-refractivity contribution >= 4 is 11.5 Å². The monoisotopic (exact) mass is 251 g/mol. The zero-order valence-corrected chi connectivity index (χ0v) is 11.0. The minimum atomic E-state index is -0.678. The first-order chi connectivity index (χ1) is 8.50. The van der Waals surface area contributed by atoms with Crippen LogP contribution in [0.1, 0.15) is 18.4 Å². The second kappa shape index (κ2) is 5.12. The molecule has 0 unspecified atom stereocenters. The lowest BCUT2D eigenvalue weighted by Crippen LogP contribution is -2.46. The molecule has 0 saturated carbocycles. The lowest BCUT2D eigenvalue weighted by Gasteiger charge is -2.36. The molecule has 5 nitrogen and oxygen atoms in total. The Bertz CT molecular complexity index is 417. The maximum Gasteiger partial charge on any atom is 0.131 e. The second-order valence-corrected chi connectivity index (χ2v) is 5.10. The van der Waals surface area contributed by atoms with Crippen LogP contribution in [-0.4, -0.2) is 42.5 Å². The first-order valence-electron chi connectivity index (χ1n) is 6.24. The van der Waals surface area contributed by atoms with E-state index >= 15 is 0 Å². The quantitative estimate of drug-likeness (QED) is 0.837. The topological polar surface area (TPSA) is 71.6 Å². The summed E-state index contributed by atoms with van der Waals surface area (Å²) in [6.45, 7) is 3.79. The Balaban J connectivity index is 2.08. The molecule has 3 N–H and O–H groups in total. The molecule has 2 rings (SSSR count). The van der Waals surface area contributed by atoms with Gasteiger partial charge in [-0.05, 0) is 18.6 Å². The highest BCUT2D eigenvalue weighted by atomic mass is 16.5. The third-order valence-electron chi connectivity index (χ3n) is 3.39. The van der Waals surface area contributed by atoms with Crippen molar-refractivity contribution in [1.82, 2.24) is 4.98 Å². The molecule has 0 bridgehead atoms. The number of rotatable bonds is 3. The summed E-state index contributed by atoms with van der Waals surface area (Å²) in [5, 5.41) is 10.5. The van der Waals surface area contributed by atoms with Crippen molar-refractivity contribution in [1.29, 1.82) is 0 Å². The molecule has 0 amide bonds. The molecule has 1 fully saturated rings. The molecule has 18 heavy (non-hydrogen) atoms. The Morgan fingerprint density at radius 3 is 2.78 bits per heavy atom. The normalized spacial score (nSPS) is 18.6. The van der Waals surface area contributed by atoms with E-state index in [9.17, 15) is 5.11 Å². The Labute approximate surface area is 108 Å². The number of pyridine rings is 1. The van der Waals surface area contributed by atoms with Gasteiger partial charge in [-0.1, -0.05) is 0 Å². The van der Waals surface area contributed by atoms with E-state index in [0.717, 1.165) is 11.4 Å². The van der Waals surface area contributed by atoms with Crippen LogP contribution >= 0.6 is 0 Å². The summed E-state index contributed by atoms with van der Waals surface area (Å²) in [5.41, 5.74) is 6.70. The molecular formula is C13H21N3O2. The van der Waals surface area contributed by atoms with E-state index in [-0.39, 0.29) is 0 Å². The molecule has 0 aromatic carbocycles. The smallest absolute Gasteiger partial charge is 0.131 e. The number of nitrogen functional groups attached to an aromatic ring is 1. The van der Waals surface area contributed by atoms with Gasteiger partial charge in [0.05, 0.1) is 17.5 Å². The van der Waals surface area contributed by atoms with E-state index in [0.29, 0.717) is 38.3 Å². The zero-order valence-electron chi connectivity index (χ0n) is 11.0. The zero-order chi connectivity index (χ0) is 13.2. The number of nitrogens with two attached hydrogens (primary N) is 1. The Hall–Kier alpha value is -1.33. The molecule has 1 aliphatic heterocycles. The number of nitrogens with zero attached hydrogens (tertiary/aromatic N) is 2. The van der Waals surface area contributed by atoms with Crippen molar-refractivity contribution in [2.24, 2.45) is 0 Å². The summed E-state index contributed by atoms with van der Waals surface area (Å²) in [7, 11) is 1.94. The fraction of sp³-hybridized carbons (Fsp3) is 0.615. The fourth-order valence-corrected chi connectivity index (χ4v) is 2.41. The summed E-state index contributed by atoms with van der Waals surface area (Å²) in [4.78, 5) is 6.32. The third-order valence-corrected chi connectivity index (χ3v) is 3.39. The Kier molecular flexibility index (Phi) is 3.73. The highest BCUT2D eigenvalue weighted by molar-refractivity contribution is 5.52. The van der Waals surface area contributed by atoms with Gasteiger partial charge in [-0.25, -0.2) is 4.98 Å². The Morgan fingerprint density at radius 1 is 1.50 bits per heavy atom. The number of hydrogen-bond acceptors (Lipinski definition) is 5. The van der Waals surface area contributed by atoms with Gasteiger partial charge in [-0.3, -0.25) is 0 Å². The minimum absolute atomic E-state index is 0.564. The molecule has 1 saturated heterocycles. The molecule has 0 spiro atoms. The molecule has 100 valence electrons. The average molecular weight is 251 g/mol. The number of aromatic nitrogens is 1. The lowest BCUT2D eigenvalue weighted by atomic mass is 9.94. The first kappa shape index (κ1) is 13.1. The summed E-state index contributed by atoms with van der Waals surface area (Å²) in [6.07, 6.45) is 2.99. The van der Waals surface area contributed by atoms with Gasteiger partial charge in [-0.15, -0.1) is 0 Å². The van der Waals surface area contributed by atoms with E-state index in [4.69, 9.17) is 10.5 Å². The van der Waals surface area contributed by atoms with Gasteiger partial charge in [-0.2, -0.15) is 0 Å². The summed E-state index contributed by atoms with van der Waals surface area (Å²) in [6, 6.07) is 1.90. The number of hydrogen-bond donors (Lipinski definition) is 2. The van der Waals surface area contributed by atoms with Crippen LogP contribution < -0.4 is 10.6 Å². The highest BCUT2D eigenvalue weighted by Gasteiger charge is 2.31. The first-order valence-corrected chi connectivity index (χ1v) is 6.24. The van der Waals surface area contributed by atoms with Crippen molar-refractivity contribution < 1.29 is 9.84 Å². The number of ether oxygens (including phenoxy) is 1. The third kappa shape index (κ3) is 2.91. The molecular weight excluding hydrogens is 230 g/mol. The molecule has 0 radical (unpaired) electrons. The van der Waals surface area contributed by atoms with Gasteiger partial charge in [0, 0.05) is 39.6 Å². The fourth-order valence-electron chi connectivity index (χ4n) is 2.41. The Morgan fingerprint density at radius 2 is 2.17 bits per heavy atom. The van der Waals surface area contributed by atoms with Gasteiger partial charge in [0.2, 0.25) is 0 Å². The molecule has 0 aliphatic carbocycles. The van der Waals surface area contributed by atoms with Crippen molar-refractivity contribution in [3.8, 4) is 0 Å². The van der Waals surface area contributed by atoms with Crippen molar-refractivity contribution in [3.63, 3.8) is 0 Å². The number of likely N-dealkylation sites (N-methyl/N-ethyl adjacent to an activating group) is 1. The van der Waals surface area contributed by atoms with Gasteiger partial charge in [0.1, 0.15) is 5.82 Å². The summed E-state index contributed by atoms with van der Waals surface area (Å²) >= 11 is 0. The SMILES string of the molecule is Cc1cc(N)cnc1N(C)CC1(O)CCOCC1. The summed E-state index contributed by atoms with van der Waals surface area (Å²) < 4.78 is 5.28. The van der Waals surface area contributed by atoms with E-state index in [1.54, 1.807) is 6.20 Å². The molecule has 5 heteroatoms. The number of aliphatic hydroxyl groups is 1. The maximum absolute atomic E-state index is 10.5. The van der Waals surface area contributed by atoms with Crippen molar-refractivity contribution in [2.75, 3.05) is 37.4 Å². The van der Waals surface area contributed by atoms with Crippen LogP contribution in [0.25, 0.3) is 0 Å². The summed E-state index contributed by atoms with van der Waals surface area (Å²) in [5.74, 6) is 0.865. The van der Waals surface area contributed by atoms with Crippen molar-refractivity contribution in [3.05, 3.63) is 17.8 Å². The minimum Gasteiger partial charge on any atom is -0.397 e. The van der Waals surface area contributed by atoms with Crippen LogP contribution in [0.2, 0.25) is 0 Å². The number of anilines is 2. The van der Waals surface area contributed by atoms with Gasteiger partial charge in [0.15, 0.2) is 0 Å². The van der Waals surface area contributed by atoms with Crippen LogP contribution in [0.4, 0.5) is 11.5 Å². The number of aryl methyl sites for hydroxylation is 1. The van der Waals surface area contributed by atoms with Gasteiger partial charge in [0.25, 0.3) is 0 Å². The van der Waals surface area contributed by atoms with Gasteiger partial charge < -0.3 is 20.5 Å². The molecule has 1 aromatic rings. The standard InChI is InChI=1S/C13H21N3O2/c1-10-7-11(14)8-15-12(10)16(2)9-13(17)3-5-18-6-4-13/h7-8,17H,3-6,9,14H2,1-2H3. The van der Waals surface area contributed by atoms with Crippen LogP contribution in [0.5, 0.6) is 0 Å². The predicted octanol–water partition coefficient (Wildman–Crippen LogP) is 0.950. The lowest BCUT2D eigenvalue weighted by molar-refractivity contribution is -0.0573. The largest absolute Gasteiger partial charge is 0.397 e. The van der Waals surface area contributed by atoms with Crippen LogP contribution in [0.15, 0.2) is 12.3 Å². The van der Waals surface area contributed by atoms with Crippen LogP contribution in [0, 0.1) is 6.92 Å². The van der Waals surface area contributed by atoms with Gasteiger partial charge >= 0.3 is 0 Å². The molecule has 0 atom stereocenters. The van der Waals surface area contributed by atoms with Crippen LogP contribution in [0.3, 0.4) is 0 Å². The van der Waals surface area contributed by atoms with Crippen LogP contribution in [-0.2, 0) is 4.74 Å². The highest BCUT2D eigenvalue weighted by Crippen LogP contribution is 2.25. The van der Waals surface area contributed by atoms with E-state index < -0.39 is 5.60 Å². The maximum atomic E-state index is 10.5. The molecule has 1 aliphatic rings. The van der Waals surface area contributed by atoms with E-state index in [1.807, 2.05) is 24.9 Å². The molecule has 2 heterocycles. The second-order valence-electron chi connectivity index (χ2n) is 5.10. The predicted molar refractivity (Wildman–Crippen MR) is 71.7 cm³/mol. The van der Waals surface area contributed by atoms with E-state index in [2.05, 4.69) is 4.98 Å².